The van der Waals surface area contributed by atoms with Crippen LogP contribution in [0.3, 0.4) is 0 Å². The van der Waals surface area contributed by atoms with Gasteiger partial charge >= 0.3 is 5.97 Å². The van der Waals surface area contributed by atoms with Crippen molar-refractivity contribution in [3.05, 3.63) is 68.5 Å². The highest BCUT2D eigenvalue weighted by Gasteiger charge is 2.36. The number of esters is 1. The molecule has 2 aromatic carbocycles. The molecule has 7 nitrogen and oxygen atoms in total. The topological polar surface area (TPSA) is 96.7 Å². The summed E-state index contributed by atoms with van der Waals surface area (Å²) in [5.74, 6) is -0.639. The molecule has 1 saturated heterocycles. The van der Waals surface area contributed by atoms with E-state index in [9.17, 15) is 14.4 Å². The molecule has 3 rings (SSSR count). The lowest BCUT2D eigenvalue weighted by Crippen LogP contribution is -2.34. The summed E-state index contributed by atoms with van der Waals surface area (Å²) >= 11 is 4.20. The van der Waals surface area contributed by atoms with Gasteiger partial charge in [0.1, 0.15) is 18.9 Å². The zero-order chi connectivity index (χ0) is 21.7. The van der Waals surface area contributed by atoms with Crippen LogP contribution in [0.4, 0.5) is 4.79 Å². The predicted octanol–water partition coefficient (Wildman–Crippen LogP) is 4.11. The zero-order valence-corrected chi connectivity index (χ0v) is 18.2. The van der Waals surface area contributed by atoms with Gasteiger partial charge in [0, 0.05) is 5.56 Å². The number of nitrogens with zero attached hydrogens (tertiary/aromatic N) is 2. The molecule has 152 valence electrons. The average Bonchev–Trinajstić information content (AvgIpc) is 3.00. The summed E-state index contributed by atoms with van der Waals surface area (Å²) in [6, 6.07) is 14.5. The van der Waals surface area contributed by atoms with Crippen LogP contribution in [0, 0.1) is 11.3 Å². The van der Waals surface area contributed by atoms with Crippen LogP contribution >= 0.6 is 27.7 Å². The molecular weight excluding hydrogens is 472 g/mol. The number of hydrogen-bond acceptors (Lipinski definition) is 7. The van der Waals surface area contributed by atoms with Crippen LogP contribution in [0.2, 0.25) is 0 Å². The normalized spacial score (nSPS) is 14.7. The van der Waals surface area contributed by atoms with Crippen molar-refractivity contribution in [2.45, 2.75) is 6.61 Å². The minimum absolute atomic E-state index is 0.215. The van der Waals surface area contributed by atoms with Crippen molar-refractivity contribution in [2.75, 3.05) is 13.7 Å². The maximum Gasteiger partial charge on any atom is 0.325 e. The summed E-state index contributed by atoms with van der Waals surface area (Å²) in [5, 5.41) is 8.64. The van der Waals surface area contributed by atoms with E-state index >= 15 is 0 Å². The Labute approximate surface area is 185 Å². The van der Waals surface area contributed by atoms with Crippen LogP contribution in [-0.2, 0) is 20.9 Å². The van der Waals surface area contributed by atoms with Crippen molar-refractivity contribution in [3.8, 4) is 11.8 Å². The number of nitriles is 1. The van der Waals surface area contributed by atoms with Gasteiger partial charge in [-0.05, 0) is 57.5 Å². The second kappa shape index (κ2) is 9.61. The van der Waals surface area contributed by atoms with E-state index in [-0.39, 0.29) is 11.5 Å². The molecule has 0 N–H and O–H groups in total. The zero-order valence-electron chi connectivity index (χ0n) is 15.8. The minimum atomic E-state index is -0.666. The van der Waals surface area contributed by atoms with E-state index in [1.807, 2.05) is 12.1 Å². The molecule has 1 fully saturated rings. The molecule has 2 amide bonds. The van der Waals surface area contributed by atoms with E-state index in [1.54, 1.807) is 36.4 Å². The van der Waals surface area contributed by atoms with Crippen molar-refractivity contribution in [1.29, 1.82) is 5.26 Å². The van der Waals surface area contributed by atoms with Crippen LogP contribution in [0.1, 0.15) is 16.7 Å². The second-order valence-corrected chi connectivity index (χ2v) is 7.94. The fourth-order valence-corrected chi connectivity index (χ4v) is 3.97. The maximum atomic E-state index is 12.4. The number of imide groups is 1. The number of methoxy groups -OCH3 is 1. The van der Waals surface area contributed by atoms with Gasteiger partial charge in [-0.1, -0.05) is 24.3 Å². The first-order valence-electron chi connectivity index (χ1n) is 8.65. The number of rotatable bonds is 6. The molecule has 2 aromatic rings. The third kappa shape index (κ3) is 4.90. The first kappa shape index (κ1) is 21.6. The SMILES string of the molecule is COC(=O)CN1C(=O)SC(=Cc2ccc(OCc3ccccc3C#N)c(Br)c2)C1=O. The van der Waals surface area contributed by atoms with Crippen molar-refractivity contribution < 1.29 is 23.9 Å². The third-order valence-electron chi connectivity index (χ3n) is 4.16. The van der Waals surface area contributed by atoms with Gasteiger partial charge in [0.2, 0.25) is 0 Å². The molecule has 1 heterocycles. The Hall–Kier alpha value is -3.09. The van der Waals surface area contributed by atoms with Crippen LogP contribution in [0.5, 0.6) is 5.75 Å². The highest BCUT2D eigenvalue weighted by molar-refractivity contribution is 9.10. The number of thioether (sulfide) groups is 1. The molecule has 0 spiro atoms. The van der Waals surface area contributed by atoms with E-state index in [0.29, 0.717) is 21.3 Å². The van der Waals surface area contributed by atoms with E-state index in [2.05, 4.69) is 26.7 Å². The summed E-state index contributed by atoms with van der Waals surface area (Å²) < 4.78 is 11.0. The first-order valence-corrected chi connectivity index (χ1v) is 10.3. The van der Waals surface area contributed by atoms with Crippen LogP contribution in [0.25, 0.3) is 6.08 Å². The second-order valence-electron chi connectivity index (χ2n) is 6.09. The predicted molar refractivity (Wildman–Crippen MR) is 114 cm³/mol. The van der Waals surface area contributed by atoms with Crippen molar-refractivity contribution in [2.24, 2.45) is 0 Å². The van der Waals surface area contributed by atoms with Gasteiger partial charge in [0.05, 0.1) is 28.1 Å². The van der Waals surface area contributed by atoms with E-state index < -0.39 is 23.7 Å². The van der Waals surface area contributed by atoms with Gasteiger partial charge in [0.25, 0.3) is 11.1 Å². The highest BCUT2D eigenvalue weighted by atomic mass is 79.9. The molecular formula is C21H15BrN2O5S. The summed E-state index contributed by atoms with van der Waals surface area (Å²) in [6.45, 7) is -0.187. The first-order chi connectivity index (χ1) is 14.4. The van der Waals surface area contributed by atoms with Crippen molar-refractivity contribution in [1.82, 2.24) is 4.90 Å². The third-order valence-corrected chi connectivity index (χ3v) is 5.69. The van der Waals surface area contributed by atoms with E-state index in [4.69, 9.17) is 10.00 Å². The Kier molecular flexibility index (Phi) is 6.92. The van der Waals surface area contributed by atoms with Gasteiger partial charge in [0.15, 0.2) is 0 Å². The fourth-order valence-electron chi connectivity index (χ4n) is 2.62. The molecule has 0 radical (unpaired) electrons. The van der Waals surface area contributed by atoms with Crippen LogP contribution in [-0.4, -0.2) is 35.7 Å². The monoisotopic (exact) mass is 486 g/mol. The van der Waals surface area contributed by atoms with Crippen LogP contribution < -0.4 is 4.74 Å². The van der Waals surface area contributed by atoms with Crippen molar-refractivity contribution >= 4 is 50.9 Å². The van der Waals surface area contributed by atoms with Gasteiger partial charge in [-0.3, -0.25) is 19.3 Å². The summed E-state index contributed by atoms with van der Waals surface area (Å²) in [6.07, 6.45) is 1.57. The smallest absolute Gasteiger partial charge is 0.325 e. The molecule has 0 aromatic heterocycles. The Morgan fingerprint density at radius 2 is 2.03 bits per heavy atom. The Morgan fingerprint density at radius 1 is 1.27 bits per heavy atom. The summed E-state index contributed by atoms with van der Waals surface area (Å²) in [4.78, 5) is 36.8. The van der Waals surface area contributed by atoms with Crippen molar-refractivity contribution in [3.63, 3.8) is 0 Å². The molecule has 30 heavy (non-hydrogen) atoms. The number of amides is 2. The summed E-state index contributed by atoms with van der Waals surface area (Å²) in [5.41, 5.74) is 2.00. The standard InChI is InChI=1S/C21H15BrN2O5S/c1-28-19(25)11-24-20(26)18(30-21(24)27)9-13-6-7-17(16(22)8-13)29-12-15-5-3-2-4-14(15)10-23/h2-9H,11-12H2,1H3. The number of ether oxygens (including phenoxy) is 2. The van der Waals surface area contributed by atoms with Crippen LogP contribution in [0.15, 0.2) is 51.8 Å². The fraction of sp³-hybridized carbons (Fsp3) is 0.143. The molecule has 0 bridgehead atoms. The lowest BCUT2D eigenvalue weighted by Gasteiger charge is -2.10. The van der Waals surface area contributed by atoms with Gasteiger partial charge in [-0.15, -0.1) is 0 Å². The Bertz CT molecular complexity index is 1090. The molecule has 1 aliphatic heterocycles. The number of carbonyl (C=O) groups is 3. The molecule has 9 heteroatoms. The van der Waals surface area contributed by atoms with Gasteiger partial charge < -0.3 is 9.47 Å². The Morgan fingerprint density at radius 3 is 2.73 bits per heavy atom. The quantitative estimate of drug-likeness (QED) is 0.447. The van der Waals surface area contributed by atoms with Gasteiger partial charge in [-0.25, -0.2) is 0 Å². The summed E-state index contributed by atoms with van der Waals surface area (Å²) in [7, 11) is 1.19. The number of carbonyl (C=O) groups excluding carboxylic acids is 3. The number of benzene rings is 2. The number of halogens is 1. The molecule has 1 aliphatic rings. The van der Waals surface area contributed by atoms with E-state index in [0.717, 1.165) is 22.2 Å². The largest absolute Gasteiger partial charge is 0.488 e. The molecule has 0 aliphatic carbocycles. The van der Waals surface area contributed by atoms with Gasteiger partial charge in [-0.2, -0.15) is 5.26 Å². The lowest BCUT2D eigenvalue weighted by atomic mass is 10.1. The minimum Gasteiger partial charge on any atom is -0.488 e. The highest BCUT2D eigenvalue weighted by Crippen LogP contribution is 2.34. The Balaban J connectivity index is 1.72. The molecule has 0 atom stereocenters. The average molecular weight is 487 g/mol. The molecule has 0 unspecified atom stereocenters. The number of hydrogen-bond donors (Lipinski definition) is 0. The molecule has 0 saturated carbocycles. The maximum absolute atomic E-state index is 12.4. The van der Waals surface area contributed by atoms with E-state index in [1.165, 1.54) is 7.11 Å². The lowest BCUT2D eigenvalue weighted by molar-refractivity contribution is -0.143.